The predicted molar refractivity (Wildman–Crippen MR) is 33.4 cm³/mol. The van der Waals surface area contributed by atoms with Gasteiger partial charge in [0.05, 0.1) is 0 Å². The molecule has 0 fully saturated rings. The highest BCUT2D eigenvalue weighted by Gasteiger charge is 2.00. The highest BCUT2D eigenvalue weighted by molar-refractivity contribution is 7.58. The number of hydrogen-bond acceptors (Lipinski definition) is 1. The largest absolute Gasteiger partial charge is 0.331 e. The van der Waals surface area contributed by atoms with Crippen LogP contribution < -0.4 is 5.50 Å². The lowest BCUT2D eigenvalue weighted by Gasteiger charge is -1.92. The predicted octanol–water partition coefficient (Wildman–Crippen LogP) is 1.05. The van der Waals surface area contributed by atoms with Crippen LogP contribution in [0.25, 0.3) is 0 Å². The Morgan fingerprint density at radius 1 is 1.88 bits per heavy atom. The third kappa shape index (κ3) is 5.89. The summed E-state index contributed by atoms with van der Waals surface area (Å²) in [4.78, 5) is 8.40. The molecule has 0 saturated carbocycles. The fraction of sp³-hybridized carbons (Fsp3) is 0.500. The first-order chi connectivity index (χ1) is 3.56. The van der Waals surface area contributed by atoms with Crippen LogP contribution in [-0.4, -0.2) is 4.89 Å². The molecule has 0 aliphatic rings. The average Bonchev–Trinajstić information content (AvgIpc) is 1.59. The van der Waals surface area contributed by atoms with E-state index in [0.29, 0.717) is 0 Å². The lowest BCUT2D eigenvalue weighted by atomic mass is 10.5. The molecule has 0 bridgehead atoms. The summed E-state index contributed by atoms with van der Waals surface area (Å²) in [6.07, 6.45) is 2.31. The van der Waals surface area contributed by atoms with E-state index in [4.69, 9.17) is 10.4 Å². The normalized spacial score (nSPS) is 18.9. The van der Waals surface area contributed by atoms with Gasteiger partial charge in [-0.3, -0.25) is 10.1 Å². The topological polar surface area (TPSA) is 63.3 Å². The first kappa shape index (κ1) is 7.89. The molecule has 0 heterocycles. The first-order valence-corrected chi connectivity index (χ1v) is 4.15. The Morgan fingerprint density at radius 3 is 2.50 bits per heavy atom. The molecule has 0 aromatic heterocycles. The number of hydrogen-bond donors (Lipinski definition) is 2. The Kier molecular flexibility index (Phi) is 2.98. The molecule has 1 atom stereocenters. The fourth-order valence-corrected chi connectivity index (χ4v) is 0.769. The van der Waals surface area contributed by atoms with Crippen LogP contribution in [0.2, 0.25) is 0 Å². The van der Waals surface area contributed by atoms with E-state index in [0.717, 1.165) is 12.2 Å². The molecule has 4 heteroatoms. The van der Waals surface area contributed by atoms with Crippen LogP contribution in [0.1, 0.15) is 13.3 Å². The van der Waals surface area contributed by atoms with Crippen molar-refractivity contribution in [1.82, 2.24) is 0 Å². The summed E-state index contributed by atoms with van der Waals surface area (Å²) < 4.78 is 10.2. The van der Waals surface area contributed by atoms with Gasteiger partial charge < -0.3 is 4.89 Å². The summed E-state index contributed by atoms with van der Waals surface area (Å²) in [5.74, 6) is 1.13. The van der Waals surface area contributed by atoms with Crippen molar-refractivity contribution in [1.29, 1.82) is 0 Å². The monoisotopic (exact) mass is 135 g/mol. The SMILES string of the molecule is CCC=CP(N)(=O)O. The zero-order valence-corrected chi connectivity index (χ0v) is 5.64. The molecule has 1 unspecified atom stereocenters. The highest BCUT2D eigenvalue weighted by atomic mass is 31.2. The quantitative estimate of drug-likeness (QED) is 0.556. The molecular formula is C4H10NO2P. The van der Waals surface area contributed by atoms with Gasteiger partial charge in [0.2, 0.25) is 0 Å². The van der Waals surface area contributed by atoms with E-state index in [2.05, 4.69) is 0 Å². The molecule has 8 heavy (non-hydrogen) atoms. The van der Waals surface area contributed by atoms with Gasteiger partial charge in [-0.1, -0.05) is 13.0 Å². The van der Waals surface area contributed by atoms with Crippen molar-refractivity contribution in [3.63, 3.8) is 0 Å². The summed E-state index contributed by atoms with van der Waals surface area (Å²) in [5, 5.41) is 0. The Hall–Kier alpha value is -0.110. The molecule has 0 amide bonds. The second kappa shape index (κ2) is 3.02. The summed E-state index contributed by atoms with van der Waals surface area (Å²) in [7, 11) is -3.36. The van der Waals surface area contributed by atoms with Crippen LogP contribution >= 0.6 is 7.52 Å². The smallest absolute Gasteiger partial charge is 0.287 e. The van der Waals surface area contributed by atoms with E-state index in [1.165, 1.54) is 0 Å². The Bertz CT molecular complexity index is 126. The zero-order chi connectivity index (χ0) is 6.62. The van der Waals surface area contributed by atoms with Crippen molar-refractivity contribution in [3.05, 3.63) is 11.9 Å². The van der Waals surface area contributed by atoms with Gasteiger partial charge in [-0.15, -0.1) is 0 Å². The molecule has 0 aromatic carbocycles. The van der Waals surface area contributed by atoms with E-state index in [1.54, 1.807) is 6.08 Å². The minimum Gasteiger partial charge on any atom is -0.331 e. The van der Waals surface area contributed by atoms with Crippen LogP contribution in [0.4, 0.5) is 0 Å². The van der Waals surface area contributed by atoms with Crippen molar-refractivity contribution >= 4 is 7.52 Å². The van der Waals surface area contributed by atoms with Crippen LogP contribution in [0.3, 0.4) is 0 Å². The molecule has 3 nitrogen and oxygen atoms in total. The molecule has 0 aliphatic heterocycles. The van der Waals surface area contributed by atoms with Crippen LogP contribution in [-0.2, 0) is 4.57 Å². The van der Waals surface area contributed by atoms with E-state index < -0.39 is 7.52 Å². The van der Waals surface area contributed by atoms with Crippen LogP contribution in [0.15, 0.2) is 11.9 Å². The van der Waals surface area contributed by atoms with Gasteiger partial charge in [-0.2, -0.15) is 0 Å². The number of nitrogens with two attached hydrogens (primary N) is 1. The van der Waals surface area contributed by atoms with E-state index >= 15 is 0 Å². The van der Waals surface area contributed by atoms with Crippen molar-refractivity contribution in [3.8, 4) is 0 Å². The van der Waals surface area contributed by atoms with Crippen molar-refractivity contribution < 1.29 is 9.46 Å². The van der Waals surface area contributed by atoms with Gasteiger partial charge in [0.15, 0.2) is 0 Å². The van der Waals surface area contributed by atoms with E-state index in [1.807, 2.05) is 6.92 Å². The molecular weight excluding hydrogens is 125 g/mol. The maximum atomic E-state index is 10.2. The first-order valence-electron chi connectivity index (χ1n) is 2.35. The molecule has 48 valence electrons. The van der Waals surface area contributed by atoms with E-state index in [-0.39, 0.29) is 0 Å². The minimum absolute atomic E-state index is 0.738. The van der Waals surface area contributed by atoms with Crippen LogP contribution in [0, 0.1) is 0 Å². The second-order valence-corrected chi connectivity index (χ2v) is 3.11. The minimum atomic E-state index is -3.36. The molecule has 0 spiro atoms. The van der Waals surface area contributed by atoms with Gasteiger partial charge in [0, 0.05) is 5.82 Å². The van der Waals surface area contributed by atoms with Crippen molar-refractivity contribution in [2.45, 2.75) is 13.3 Å². The molecule has 0 radical (unpaired) electrons. The standard InChI is InChI=1S/C4H10NO2P/c1-2-3-4-8(5,6)7/h3-4H,2H2,1H3,(H3,5,6,7). The highest BCUT2D eigenvalue weighted by Crippen LogP contribution is 2.30. The lowest BCUT2D eigenvalue weighted by Crippen LogP contribution is -1.86. The van der Waals surface area contributed by atoms with Gasteiger partial charge >= 0.3 is 0 Å². The summed E-state index contributed by atoms with van der Waals surface area (Å²) >= 11 is 0. The molecule has 0 aliphatic carbocycles. The van der Waals surface area contributed by atoms with E-state index in [9.17, 15) is 4.57 Å². The van der Waals surface area contributed by atoms with Crippen molar-refractivity contribution in [2.75, 3.05) is 0 Å². The third-order valence-corrected chi connectivity index (χ3v) is 1.19. The number of rotatable bonds is 2. The maximum Gasteiger partial charge on any atom is 0.287 e. The van der Waals surface area contributed by atoms with Crippen LogP contribution in [0.5, 0.6) is 0 Å². The average molecular weight is 135 g/mol. The second-order valence-electron chi connectivity index (χ2n) is 1.47. The van der Waals surface area contributed by atoms with Gasteiger partial charge in [0.25, 0.3) is 7.52 Å². The Balaban J connectivity index is 3.71. The zero-order valence-electron chi connectivity index (χ0n) is 4.74. The lowest BCUT2D eigenvalue weighted by molar-refractivity contribution is 0.490. The van der Waals surface area contributed by atoms with Gasteiger partial charge in [0.1, 0.15) is 0 Å². The molecule has 0 rings (SSSR count). The van der Waals surface area contributed by atoms with Crippen molar-refractivity contribution in [2.24, 2.45) is 5.50 Å². The number of allylic oxidation sites excluding steroid dienone is 1. The summed E-state index contributed by atoms with van der Waals surface area (Å²) in [6, 6.07) is 0. The summed E-state index contributed by atoms with van der Waals surface area (Å²) in [5.41, 5.74) is 4.75. The molecule has 0 aromatic rings. The molecule has 3 N–H and O–H groups in total. The maximum absolute atomic E-state index is 10.2. The fourth-order valence-electron chi connectivity index (χ4n) is 0.256. The third-order valence-electron chi connectivity index (χ3n) is 0.555. The van der Waals surface area contributed by atoms with Gasteiger partial charge in [-0.25, -0.2) is 0 Å². The Labute approximate surface area is 48.7 Å². The molecule has 0 saturated heterocycles. The Morgan fingerprint density at radius 2 is 2.38 bits per heavy atom. The summed E-state index contributed by atoms with van der Waals surface area (Å²) in [6.45, 7) is 1.87. The van der Waals surface area contributed by atoms with Gasteiger partial charge in [-0.05, 0) is 6.42 Å².